The van der Waals surface area contributed by atoms with Crippen molar-refractivity contribution in [1.29, 1.82) is 0 Å². The van der Waals surface area contributed by atoms with Gasteiger partial charge in [-0.2, -0.15) is 0 Å². The predicted molar refractivity (Wildman–Crippen MR) is 83.5 cm³/mol. The molecule has 5 heteroatoms. The van der Waals surface area contributed by atoms with Crippen molar-refractivity contribution < 1.29 is 4.79 Å². The lowest BCUT2D eigenvalue weighted by Gasteiger charge is -2.17. The maximum Gasteiger partial charge on any atom is 0.241 e. The Hall–Kier alpha value is -2.27. The van der Waals surface area contributed by atoms with Crippen molar-refractivity contribution in [1.82, 2.24) is 9.97 Å². The summed E-state index contributed by atoms with van der Waals surface area (Å²) < 4.78 is 0. The first-order chi connectivity index (χ1) is 10.1. The van der Waals surface area contributed by atoms with Gasteiger partial charge in [0, 0.05) is 5.56 Å². The van der Waals surface area contributed by atoms with E-state index in [1.165, 1.54) is 0 Å². The Balaban J connectivity index is 2.05. The van der Waals surface area contributed by atoms with Crippen LogP contribution in [-0.2, 0) is 4.79 Å². The summed E-state index contributed by atoms with van der Waals surface area (Å²) in [5.41, 5.74) is 7.38. The molecule has 110 valence electrons. The first kappa shape index (κ1) is 15.1. The third kappa shape index (κ3) is 3.86. The minimum absolute atomic E-state index is 0.134. The van der Waals surface area contributed by atoms with E-state index in [9.17, 15) is 4.79 Å². The molecular formula is C16H20N4O. The van der Waals surface area contributed by atoms with Crippen LogP contribution < -0.4 is 11.1 Å². The number of benzene rings is 1. The molecule has 0 saturated heterocycles. The van der Waals surface area contributed by atoms with Gasteiger partial charge in [-0.15, -0.1) is 0 Å². The van der Waals surface area contributed by atoms with E-state index >= 15 is 0 Å². The molecule has 0 aliphatic heterocycles. The van der Waals surface area contributed by atoms with E-state index in [2.05, 4.69) is 15.3 Å². The maximum absolute atomic E-state index is 12.0. The van der Waals surface area contributed by atoms with Crippen LogP contribution in [0.25, 0.3) is 11.4 Å². The van der Waals surface area contributed by atoms with E-state index in [1.54, 1.807) is 12.4 Å². The van der Waals surface area contributed by atoms with Gasteiger partial charge in [0.25, 0.3) is 0 Å². The topological polar surface area (TPSA) is 80.9 Å². The van der Waals surface area contributed by atoms with Crippen molar-refractivity contribution in [2.24, 2.45) is 11.7 Å². The molecule has 2 atom stereocenters. The number of amides is 1. The van der Waals surface area contributed by atoms with Crippen LogP contribution in [0, 0.1) is 5.92 Å². The summed E-state index contributed by atoms with van der Waals surface area (Å²) in [5.74, 6) is 0.551. The van der Waals surface area contributed by atoms with Crippen molar-refractivity contribution >= 4 is 11.6 Å². The Morgan fingerprint density at radius 3 is 2.43 bits per heavy atom. The van der Waals surface area contributed by atoms with E-state index in [-0.39, 0.29) is 11.8 Å². The second-order valence-electron chi connectivity index (χ2n) is 5.06. The molecule has 2 aromatic rings. The molecule has 1 unspecified atom stereocenters. The maximum atomic E-state index is 12.0. The summed E-state index contributed by atoms with van der Waals surface area (Å²) in [4.78, 5) is 20.5. The molecule has 0 fully saturated rings. The zero-order valence-corrected chi connectivity index (χ0v) is 12.3. The highest BCUT2D eigenvalue weighted by Gasteiger charge is 2.19. The summed E-state index contributed by atoms with van der Waals surface area (Å²) in [6, 6.07) is 9.15. The number of hydrogen-bond acceptors (Lipinski definition) is 4. The van der Waals surface area contributed by atoms with Gasteiger partial charge in [0.15, 0.2) is 5.82 Å². The van der Waals surface area contributed by atoms with Crippen LogP contribution in [0.2, 0.25) is 0 Å². The fourth-order valence-corrected chi connectivity index (χ4v) is 1.87. The molecule has 0 aliphatic rings. The quantitative estimate of drug-likeness (QED) is 0.883. The lowest BCUT2D eigenvalue weighted by molar-refractivity contribution is -0.118. The van der Waals surface area contributed by atoms with Crippen molar-refractivity contribution in [2.75, 3.05) is 5.32 Å². The fraction of sp³-hybridized carbons (Fsp3) is 0.312. The zero-order valence-electron chi connectivity index (χ0n) is 12.3. The second-order valence-corrected chi connectivity index (χ2v) is 5.06. The van der Waals surface area contributed by atoms with E-state index in [4.69, 9.17) is 5.73 Å². The number of carbonyl (C=O) groups excluding carboxylic acids is 1. The lowest BCUT2D eigenvalue weighted by atomic mass is 9.99. The number of carbonyl (C=O) groups is 1. The van der Waals surface area contributed by atoms with Gasteiger partial charge >= 0.3 is 0 Å². The minimum Gasteiger partial charge on any atom is -0.322 e. The number of anilines is 1. The molecule has 1 amide bonds. The number of hydrogen-bond donors (Lipinski definition) is 2. The Morgan fingerprint density at radius 2 is 1.86 bits per heavy atom. The average Bonchev–Trinajstić information content (AvgIpc) is 2.54. The Bertz CT molecular complexity index is 583. The number of rotatable bonds is 5. The van der Waals surface area contributed by atoms with Crippen LogP contribution >= 0.6 is 0 Å². The number of nitrogens with one attached hydrogen (secondary N) is 1. The van der Waals surface area contributed by atoms with E-state index in [1.807, 2.05) is 44.2 Å². The van der Waals surface area contributed by atoms with Gasteiger partial charge in [0.2, 0.25) is 5.91 Å². The van der Waals surface area contributed by atoms with Gasteiger partial charge in [-0.05, 0) is 5.92 Å². The van der Waals surface area contributed by atoms with E-state index < -0.39 is 6.04 Å². The average molecular weight is 284 g/mol. The van der Waals surface area contributed by atoms with Crippen LogP contribution in [0.4, 0.5) is 5.69 Å². The molecule has 21 heavy (non-hydrogen) atoms. The second kappa shape index (κ2) is 6.95. The van der Waals surface area contributed by atoms with Gasteiger partial charge in [-0.3, -0.25) is 4.79 Å². The molecule has 0 aliphatic carbocycles. The molecule has 1 aromatic heterocycles. The Morgan fingerprint density at radius 1 is 1.24 bits per heavy atom. The van der Waals surface area contributed by atoms with Crippen LogP contribution in [0.3, 0.4) is 0 Å². The van der Waals surface area contributed by atoms with Crippen molar-refractivity contribution in [3.05, 3.63) is 42.7 Å². The monoisotopic (exact) mass is 284 g/mol. The Kier molecular flexibility index (Phi) is 5.00. The van der Waals surface area contributed by atoms with Crippen LogP contribution in [0.1, 0.15) is 20.3 Å². The molecule has 2 rings (SSSR count). The van der Waals surface area contributed by atoms with Crippen LogP contribution in [0.5, 0.6) is 0 Å². The number of nitrogens with two attached hydrogens (primary N) is 1. The minimum atomic E-state index is -0.524. The van der Waals surface area contributed by atoms with Gasteiger partial charge in [-0.1, -0.05) is 50.6 Å². The molecule has 0 saturated carbocycles. The SMILES string of the molecule is CCC(C)[C@H](N)C(=O)Nc1cnc(-c2ccccc2)nc1. The third-order valence-electron chi connectivity index (χ3n) is 3.51. The van der Waals surface area contributed by atoms with Crippen molar-refractivity contribution in [3.8, 4) is 11.4 Å². The fourth-order valence-electron chi connectivity index (χ4n) is 1.87. The highest BCUT2D eigenvalue weighted by Crippen LogP contribution is 2.15. The summed E-state index contributed by atoms with van der Waals surface area (Å²) in [6.07, 6.45) is 4.05. The molecule has 3 N–H and O–H groups in total. The van der Waals surface area contributed by atoms with Crippen molar-refractivity contribution in [3.63, 3.8) is 0 Å². The zero-order chi connectivity index (χ0) is 15.2. The van der Waals surface area contributed by atoms with Gasteiger partial charge < -0.3 is 11.1 Å². The van der Waals surface area contributed by atoms with Crippen LogP contribution in [-0.4, -0.2) is 21.9 Å². The normalized spacial score (nSPS) is 13.5. The highest BCUT2D eigenvalue weighted by molar-refractivity contribution is 5.94. The summed E-state index contributed by atoms with van der Waals surface area (Å²) in [7, 11) is 0. The highest BCUT2D eigenvalue weighted by atomic mass is 16.2. The Labute approximate surface area is 124 Å². The molecule has 5 nitrogen and oxygen atoms in total. The largest absolute Gasteiger partial charge is 0.322 e. The lowest BCUT2D eigenvalue weighted by Crippen LogP contribution is -2.40. The predicted octanol–water partition coefficient (Wildman–Crippen LogP) is 2.46. The molecular weight excluding hydrogens is 264 g/mol. The molecule has 0 spiro atoms. The summed E-state index contributed by atoms with van der Waals surface area (Å²) in [5, 5.41) is 2.75. The first-order valence-electron chi connectivity index (χ1n) is 7.05. The van der Waals surface area contributed by atoms with E-state index in [0.29, 0.717) is 11.5 Å². The molecule has 0 bridgehead atoms. The molecule has 1 heterocycles. The smallest absolute Gasteiger partial charge is 0.241 e. The molecule has 0 radical (unpaired) electrons. The number of aromatic nitrogens is 2. The van der Waals surface area contributed by atoms with Crippen molar-refractivity contribution in [2.45, 2.75) is 26.3 Å². The van der Waals surface area contributed by atoms with Gasteiger partial charge in [-0.25, -0.2) is 9.97 Å². The summed E-state index contributed by atoms with van der Waals surface area (Å²) >= 11 is 0. The standard InChI is InChI=1S/C16H20N4O/c1-3-11(2)14(17)16(21)20-13-9-18-15(19-10-13)12-7-5-4-6-8-12/h4-11,14H,3,17H2,1-2H3,(H,20,21)/t11?,14-/m0/s1. The van der Waals surface area contributed by atoms with Gasteiger partial charge in [0.1, 0.15) is 0 Å². The molecule has 1 aromatic carbocycles. The summed E-state index contributed by atoms with van der Waals surface area (Å²) in [6.45, 7) is 3.97. The van der Waals surface area contributed by atoms with Gasteiger partial charge in [0.05, 0.1) is 24.1 Å². The van der Waals surface area contributed by atoms with Crippen LogP contribution in [0.15, 0.2) is 42.7 Å². The third-order valence-corrected chi connectivity index (χ3v) is 3.51. The first-order valence-corrected chi connectivity index (χ1v) is 7.05. The van der Waals surface area contributed by atoms with E-state index in [0.717, 1.165) is 12.0 Å². The number of nitrogens with zero attached hydrogens (tertiary/aromatic N) is 2.